The molecule has 0 aliphatic carbocycles. The molecule has 2 aliphatic heterocycles. The van der Waals surface area contributed by atoms with Gasteiger partial charge >= 0.3 is 6.09 Å². The third kappa shape index (κ3) is 6.58. The molecule has 7 rings (SSSR count). The summed E-state index contributed by atoms with van der Waals surface area (Å²) in [6, 6.07) is 18.0. The number of fused-ring (bicyclic) bond motifs is 1. The van der Waals surface area contributed by atoms with E-state index in [2.05, 4.69) is 25.7 Å². The minimum Gasteiger partial charge on any atom is -0.457 e. The van der Waals surface area contributed by atoms with Crippen LogP contribution in [-0.2, 0) is 4.74 Å². The van der Waals surface area contributed by atoms with E-state index in [1.165, 1.54) is 6.33 Å². The molecular formula is C35H41N9O3. The number of carbonyl (C=O) groups is 1. The second-order valence-electron chi connectivity index (χ2n) is 13.3. The highest BCUT2D eigenvalue weighted by Gasteiger charge is 2.30. The Morgan fingerprint density at radius 1 is 0.872 bits per heavy atom. The van der Waals surface area contributed by atoms with Crippen molar-refractivity contribution in [2.75, 3.05) is 36.8 Å². The lowest BCUT2D eigenvalue weighted by molar-refractivity contribution is 0.0184. The number of benzene rings is 2. The molecule has 2 aromatic carbocycles. The first kappa shape index (κ1) is 30.5. The lowest BCUT2D eigenvalue weighted by Gasteiger charge is -2.34. The van der Waals surface area contributed by atoms with Crippen LogP contribution in [0.3, 0.4) is 0 Å². The van der Waals surface area contributed by atoms with Crippen molar-refractivity contribution < 1.29 is 14.3 Å². The third-order valence-corrected chi connectivity index (χ3v) is 8.88. The summed E-state index contributed by atoms with van der Waals surface area (Å²) in [4.78, 5) is 25.6. The molecule has 0 spiro atoms. The number of likely N-dealkylation sites (tertiary alicyclic amines) is 1. The Balaban J connectivity index is 1.01. The van der Waals surface area contributed by atoms with E-state index in [0.717, 1.165) is 78.2 Å². The highest BCUT2D eigenvalue weighted by Crippen LogP contribution is 2.36. The first-order chi connectivity index (χ1) is 22.7. The molecule has 5 aromatic rings. The van der Waals surface area contributed by atoms with Gasteiger partial charge in [0.25, 0.3) is 0 Å². The average Bonchev–Trinajstić information content (AvgIpc) is 3.72. The summed E-state index contributed by atoms with van der Waals surface area (Å²) in [5, 5.41) is 10.6. The fourth-order valence-corrected chi connectivity index (χ4v) is 6.46. The number of piperidine rings is 2. The molecule has 3 aromatic heterocycles. The molecule has 0 radical (unpaired) electrons. The molecule has 5 heterocycles. The predicted octanol–water partition coefficient (Wildman–Crippen LogP) is 6.48. The van der Waals surface area contributed by atoms with Gasteiger partial charge in [0.1, 0.15) is 34.9 Å². The molecule has 0 atom stereocenters. The van der Waals surface area contributed by atoms with Gasteiger partial charge in [0.05, 0.1) is 29.4 Å². The van der Waals surface area contributed by atoms with Crippen LogP contribution in [0.15, 0.2) is 73.3 Å². The second-order valence-corrected chi connectivity index (χ2v) is 13.3. The molecule has 2 fully saturated rings. The summed E-state index contributed by atoms with van der Waals surface area (Å²) in [6.45, 7) is 8.76. The zero-order chi connectivity index (χ0) is 32.5. The molecule has 0 unspecified atom stereocenters. The van der Waals surface area contributed by atoms with E-state index >= 15 is 0 Å². The number of ether oxygens (including phenoxy) is 2. The van der Waals surface area contributed by atoms with Gasteiger partial charge in [0.15, 0.2) is 5.65 Å². The average molecular weight is 636 g/mol. The van der Waals surface area contributed by atoms with Gasteiger partial charge in [-0.25, -0.2) is 19.4 Å². The molecule has 12 heteroatoms. The zero-order valence-electron chi connectivity index (χ0n) is 27.1. The molecule has 2 aliphatic rings. The Kier molecular flexibility index (Phi) is 8.17. The molecule has 0 bridgehead atoms. The number of hydrogen-bond donors (Lipinski definition) is 1. The van der Waals surface area contributed by atoms with E-state index in [9.17, 15) is 4.79 Å². The quantitative estimate of drug-likeness (QED) is 0.223. The Hall–Kier alpha value is -5.13. The van der Waals surface area contributed by atoms with Gasteiger partial charge in [0.2, 0.25) is 0 Å². The van der Waals surface area contributed by atoms with Crippen LogP contribution in [0.2, 0.25) is 0 Å². The molecule has 1 amide bonds. The second kappa shape index (κ2) is 12.6. The number of aromatic nitrogens is 6. The Morgan fingerprint density at radius 2 is 1.55 bits per heavy atom. The number of rotatable bonds is 6. The summed E-state index contributed by atoms with van der Waals surface area (Å²) < 4.78 is 15.6. The van der Waals surface area contributed by atoms with E-state index in [-0.39, 0.29) is 18.2 Å². The van der Waals surface area contributed by atoms with Crippen molar-refractivity contribution in [1.82, 2.24) is 34.4 Å². The number of nitrogens with zero attached hydrogens (tertiary/aromatic N) is 8. The molecule has 0 saturated carbocycles. The lowest BCUT2D eigenvalue weighted by Crippen LogP contribution is -2.42. The minimum atomic E-state index is -0.489. The minimum absolute atomic E-state index is 0.171. The normalized spacial score (nSPS) is 16.5. The van der Waals surface area contributed by atoms with Crippen LogP contribution < -0.4 is 15.4 Å². The first-order valence-electron chi connectivity index (χ1n) is 16.3. The highest BCUT2D eigenvalue weighted by molar-refractivity contribution is 5.98. The Labute approximate surface area is 274 Å². The largest absolute Gasteiger partial charge is 0.457 e. The van der Waals surface area contributed by atoms with E-state index in [0.29, 0.717) is 18.9 Å². The monoisotopic (exact) mass is 635 g/mol. The number of anilines is 2. The van der Waals surface area contributed by atoms with Gasteiger partial charge in [-0.05, 0) is 82.9 Å². The van der Waals surface area contributed by atoms with E-state index in [1.807, 2.05) is 86.2 Å². The maximum Gasteiger partial charge on any atom is 0.410 e. The number of para-hydroxylation sites is 1. The Morgan fingerprint density at radius 3 is 2.26 bits per heavy atom. The molecule has 2 saturated heterocycles. The SMILES string of the molecule is CC(C)(C)OC(=O)N1CCC(n2cc(N3CCC(n4nc(-c5ccc(Oc6ccccc6)cc5)c5c(N)ncnc54)CC3)cn2)CC1. The van der Waals surface area contributed by atoms with Crippen LogP contribution in [0.4, 0.5) is 16.3 Å². The van der Waals surface area contributed by atoms with Crippen molar-refractivity contribution >= 4 is 28.6 Å². The van der Waals surface area contributed by atoms with Crippen molar-refractivity contribution in [3.63, 3.8) is 0 Å². The fraction of sp³-hybridized carbons (Fsp3) is 0.400. The summed E-state index contributed by atoms with van der Waals surface area (Å²) in [5.74, 6) is 1.95. The van der Waals surface area contributed by atoms with Crippen molar-refractivity contribution in [2.45, 2.75) is 64.1 Å². The standard InChI is InChI=1S/C35H41N9O3/c1-35(2,3)47-34(45)42-19-13-25(14-20-42)43-22-27(21-39-43)41-17-15-26(16-18-41)44-33-30(32(36)37-23-38-33)31(40-44)24-9-11-29(12-10-24)46-28-7-5-4-6-8-28/h4-12,21-23,25-26H,13-20H2,1-3H3,(H2,36,37,38). The van der Waals surface area contributed by atoms with Crippen LogP contribution in [0.5, 0.6) is 11.5 Å². The fourth-order valence-electron chi connectivity index (χ4n) is 6.46. The van der Waals surface area contributed by atoms with E-state index in [1.54, 1.807) is 4.90 Å². The topological polar surface area (TPSA) is 129 Å². The maximum absolute atomic E-state index is 12.5. The van der Waals surface area contributed by atoms with Crippen molar-refractivity contribution in [3.05, 3.63) is 73.3 Å². The van der Waals surface area contributed by atoms with Crippen molar-refractivity contribution in [1.29, 1.82) is 0 Å². The van der Waals surface area contributed by atoms with Crippen LogP contribution in [0, 0.1) is 0 Å². The van der Waals surface area contributed by atoms with Gasteiger partial charge in [0, 0.05) is 37.9 Å². The molecule has 244 valence electrons. The Bertz CT molecular complexity index is 1830. The number of amides is 1. The summed E-state index contributed by atoms with van der Waals surface area (Å²) in [6.07, 6.45) is 8.90. The number of carbonyl (C=O) groups excluding carboxylic acids is 1. The maximum atomic E-state index is 12.5. The van der Waals surface area contributed by atoms with Gasteiger partial charge in [-0.3, -0.25) is 4.68 Å². The predicted molar refractivity (Wildman–Crippen MR) is 180 cm³/mol. The number of nitrogen functional groups attached to an aromatic ring is 1. The van der Waals surface area contributed by atoms with Gasteiger partial charge in [-0.15, -0.1) is 0 Å². The van der Waals surface area contributed by atoms with Gasteiger partial charge in [-0.1, -0.05) is 18.2 Å². The van der Waals surface area contributed by atoms with Gasteiger partial charge in [-0.2, -0.15) is 10.2 Å². The third-order valence-electron chi connectivity index (χ3n) is 8.88. The van der Waals surface area contributed by atoms with Crippen LogP contribution in [0.1, 0.15) is 58.5 Å². The van der Waals surface area contributed by atoms with Crippen molar-refractivity contribution in [3.8, 4) is 22.8 Å². The number of hydrogen-bond acceptors (Lipinski definition) is 9. The lowest BCUT2D eigenvalue weighted by atomic mass is 10.0. The van der Waals surface area contributed by atoms with Crippen LogP contribution in [0.25, 0.3) is 22.3 Å². The van der Waals surface area contributed by atoms with E-state index < -0.39 is 5.60 Å². The van der Waals surface area contributed by atoms with E-state index in [4.69, 9.17) is 25.4 Å². The van der Waals surface area contributed by atoms with Crippen molar-refractivity contribution in [2.24, 2.45) is 0 Å². The summed E-state index contributed by atoms with van der Waals surface area (Å²) in [7, 11) is 0. The van der Waals surface area contributed by atoms with Crippen LogP contribution >= 0.6 is 0 Å². The number of nitrogens with two attached hydrogens (primary N) is 1. The molecule has 2 N–H and O–H groups in total. The molecular weight excluding hydrogens is 594 g/mol. The van der Waals surface area contributed by atoms with Crippen LogP contribution in [-0.4, -0.2) is 72.3 Å². The molecule has 47 heavy (non-hydrogen) atoms. The summed E-state index contributed by atoms with van der Waals surface area (Å²) in [5.41, 5.74) is 9.48. The smallest absolute Gasteiger partial charge is 0.410 e. The first-order valence-corrected chi connectivity index (χ1v) is 16.3. The van der Waals surface area contributed by atoms with Gasteiger partial charge < -0.3 is 25.0 Å². The zero-order valence-corrected chi connectivity index (χ0v) is 27.1. The molecule has 12 nitrogen and oxygen atoms in total. The highest BCUT2D eigenvalue weighted by atomic mass is 16.6. The summed E-state index contributed by atoms with van der Waals surface area (Å²) >= 11 is 0.